The molecule has 0 saturated heterocycles. The molecule has 24 bridgehead atoms. The number of halogens is 2. The van der Waals surface area contributed by atoms with Crippen molar-refractivity contribution in [3.05, 3.63) is 24.3 Å². The van der Waals surface area contributed by atoms with Crippen LogP contribution in [0.15, 0.2) is 24.3 Å². The molecular weight excluding hydrogens is 1570 g/mol. The van der Waals surface area contributed by atoms with Crippen molar-refractivity contribution in [2.45, 2.75) is 268 Å². The maximum absolute atomic E-state index is 14.8. The first-order chi connectivity index (χ1) is 53.1. The van der Waals surface area contributed by atoms with Crippen LogP contribution in [0.4, 0.5) is 0 Å². The van der Waals surface area contributed by atoms with E-state index in [9.17, 15) is 28.8 Å². The van der Waals surface area contributed by atoms with Crippen LogP contribution in [0, 0.1) is 142 Å². The molecule has 26 rings (SSSR count). The molecule has 606 valence electrons. The van der Waals surface area contributed by atoms with Gasteiger partial charge >= 0.3 is 658 Å². The van der Waals surface area contributed by atoms with Crippen LogP contribution in [0.5, 0.6) is 34.5 Å². The number of hydrogen-bond donors (Lipinski definition) is 0. The molecule has 0 aromatic heterocycles. The Hall–Kier alpha value is -4.57. The average Bonchev–Trinajstić information content (AvgIpc) is 0.758. The van der Waals surface area contributed by atoms with Crippen molar-refractivity contribution in [1.29, 1.82) is 0 Å². The molecule has 24 aliphatic carbocycles. The molecule has 0 radical (unpaired) electrons. The summed E-state index contributed by atoms with van der Waals surface area (Å²) in [6.07, 6.45) is 31.7. The standard InChI is InChI=1S/C90H118Cl2O18Te/c1-85(59-13-47-7-48(15-59)16-60(85)14-47)105-77(93)41-99-73-37-71(38-74(100-42-78(94)106-86(2)61-17-49-8-50(19-61)20-62(86)18-49)83(73)103-45-81(97)109-89(5)67-29-55-11-56(31-67)32-68(89)30-55)111(91,92)72-39-75(101-43-79(95)107-87(3)63-21-51-9-52(23-63)24-64(87)22-51)84(104-46-82(98)110-90(6)69-33-57-12-58(35-69)36-70(90)34-57)76(40-72)102-44-80(96)108-88(4)65-25-53-10-54(27-65)28-66(88)26-53/h37-40,47-70H,7-36,41-46H2,1-6H3. The van der Waals surface area contributed by atoms with E-state index in [1.807, 2.05) is 0 Å². The van der Waals surface area contributed by atoms with Gasteiger partial charge in [-0.05, 0) is 12.8 Å². The van der Waals surface area contributed by atoms with Gasteiger partial charge in [0.15, 0.2) is 0 Å². The number of carbonyl (C=O) groups excluding carboxylic acids is 6. The first-order valence-electron chi connectivity index (χ1n) is 43.7. The summed E-state index contributed by atoms with van der Waals surface area (Å²) in [4.78, 5) is 88.4. The molecule has 0 spiro atoms. The van der Waals surface area contributed by atoms with E-state index < -0.39 is 125 Å². The zero-order valence-corrected chi connectivity index (χ0v) is 70.0. The first kappa shape index (κ1) is 75.2. The molecular formula is C90H118Cl2O18Te. The summed E-state index contributed by atoms with van der Waals surface area (Å²) >= 11 is -5.26. The van der Waals surface area contributed by atoms with Crippen molar-refractivity contribution in [2.75, 3.05) is 39.6 Å². The Morgan fingerprint density at radius 1 is 0.252 bits per heavy atom. The van der Waals surface area contributed by atoms with Gasteiger partial charge in [-0.2, -0.15) is 0 Å². The zero-order valence-electron chi connectivity index (χ0n) is 66.1. The van der Waals surface area contributed by atoms with Crippen molar-refractivity contribution in [3.63, 3.8) is 0 Å². The summed E-state index contributed by atoms with van der Waals surface area (Å²) in [6.45, 7) is 9.05. The van der Waals surface area contributed by atoms with E-state index in [4.69, 9.17) is 74.8 Å². The molecule has 111 heavy (non-hydrogen) atoms. The second-order valence-electron chi connectivity index (χ2n) is 41.5. The minimum absolute atomic E-state index is 0.0667. The second-order valence-corrected chi connectivity index (χ2v) is 54.1. The van der Waals surface area contributed by atoms with Gasteiger partial charge in [0.25, 0.3) is 0 Å². The van der Waals surface area contributed by atoms with Gasteiger partial charge in [-0.25, -0.2) is 0 Å². The van der Waals surface area contributed by atoms with Crippen LogP contribution >= 0.6 is 17.9 Å². The molecule has 24 aliphatic rings. The van der Waals surface area contributed by atoms with E-state index >= 15 is 0 Å². The predicted octanol–water partition coefficient (Wildman–Crippen LogP) is 15.5. The summed E-state index contributed by atoms with van der Waals surface area (Å²) in [5.74, 6) is 6.31. The fraction of sp³-hybridized carbons (Fsp3) is 0.800. The topological polar surface area (TPSA) is 213 Å². The Balaban J connectivity index is 0.661. The number of rotatable bonds is 26. The number of hydrogen-bond acceptors (Lipinski definition) is 18. The number of esters is 6. The van der Waals surface area contributed by atoms with Gasteiger partial charge in [-0.3, -0.25) is 0 Å². The van der Waals surface area contributed by atoms with E-state index in [0.717, 1.165) is 154 Å². The maximum atomic E-state index is 14.8. The third-order valence-corrected chi connectivity index (χ3v) is 44.7. The van der Waals surface area contributed by atoms with Crippen LogP contribution in [-0.4, -0.2) is 125 Å². The van der Waals surface area contributed by atoms with Gasteiger partial charge in [-0.1, -0.05) is 0 Å². The van der Waals surface area contributed by atoms with Crippen LogP contribution in [0.3, 0.4) is 0 Å². The van der Waals surface area contributed by atoms with Crippen molar-refractivity contribution < 1.29 is 85.6 Å². The molecule has 0 heterocycles. The van der Waals surface area contributed by atoms with E-state index in [-0.39, 0.29) is 113 Å². The Bertz CT molecular complexity index is 3460. The second kappa shape index (κ2) is 27.8. The molecule has 18 nitrogen and oxygen atoms in total. The Morgan fingerprint density at radius 3 is 0.532 bits per heavy atom. The summed E-state index contributed by atoms with van der Waals surface area (Å²) in [5.41, 5.74) is -4.13. The van der Waals surface area contributed by atoms with Gasteiger partial charge in [0.1, 0.15) is 0 Å². The minimum atomic E-state index is -5.26. The molecule has 0 unspecified atom stereocenters. The zero-order chi connectivity index (χ0) is 76.2. The Kier molecular flexibility index (Phi) is 18.8. The molecule has 0 N–H and O–H groups in total. The molecule has 21 heteroatoms. The normalized spacial score (nSPS) is 45.2. The van der Waals surface area contributed by atoms with E-state index in [1.54, 1.807) is 24.3 Å². The Labute approximate surface area is 666 Å². The molecule has 0 aliphatic heterocycles. The third kappa shape index (κ3) is 13.3. The van der Waals surface area contributed by atoms with Crippen LogP contribution in [0.1, 0.15) is 234 Å². The van der Waals surface area contributed by atoms with Crippen molar-refractivity contribution >= 4 is 76.9 Å². The quantitative estimate of drug-likeness (QED) is 0.0486. The number of benzene rings is 2. The fourth-order valence-electron chi connectivity index (χ4n) is 30.4. The van der Waals surface area contributed by atoms with Crippen LogP contribution in [-0.2, 0) is 57.2 Å². The molecule has 0 amide bonds. The molecule has 24 fully saturated rings. The van der Waals surface area contributed by atoms with Gasteiger partial charge in [-0.15, -0.1) is 0 Å². The van der Waals surface area contributed by atoms with Crippen molar-refractivity contribution in [3.8, 4) is 34.5 Å². The van der Waals surface area contributed by atoms with Crippen molar-refractivity contribution in [1.82, 2.24) is 0 Å². The SMILES string of the molecule is CC1(OC(=O)COc2cc([Te](Cl)(Cl)c3cc(OCC(=O)OC4(C)C5CC6CC(C5)CC4C6)c(OCC(=O)OC4(C)C5CC6CC(C5)CC4C6)c(OCC(=O)OC4(C)C5CC6CC(C5)CC4C6)c3)cc(OCC(=O)OC3(C)C4CC5CC(C4)CC3C5)c2OCC(=O)OC2(C)C3CC4CC(C3)CC2C4)C2CC3CC(C2)CC1C3. The summed E-state index contributed by atoms with van der Waals surface area (Å²) in [7, 11) is 16.5. The van der Waals surface area contributed by atoms with Crippen molar-refractivity contribution in [2.24, 2.45) is 142 Å². The monoisotopic (exact) mass is 1690 g/mol. The van der Waals surface area contributed by atoms with E-state index in [2.05, 4.69) is 41.5 Å². The molecule has 24 saturated carbocycles. The number of ether oxygens (including phenoxy) is 12. The van der Waals surface area contributed by atoms with Crippen LogP contribution in [0.25, 0.3) is 0 Å². The summed E-state index contributed by atoms with van der Waals surface area (Å²) in [5, 5.41) is 0. The van der Waals surface area contributed by atoms with Gasteiger partial charge in [0.2, 0.25) is 0 Å². The van der Waals surface area contributed by atoms with E-state index in [1.165, 1.54) is 38.5 Å². The summed E-state index contributed by atoms with van der Waals surface area (Å²) < 4.78 is 80.6. The number of carbonyl (C=O) groups is 6. The first-order valence-corrected chi connectivity index (χ1v) is 52.0. The fourth-order valence-corrected chi connectivity index (χ4v) is 36.5. The van der Waals surface area contributed by atoms with Gasteiger partial charge in [0, 0.05) is 0 Å². The third-order valence-electron chi connectivity index (χ3n) is 35.2. The van der Waals surface area contributed by atoms with Gasteiger partial charge < -0.3 is 0 Å². The van der Waals surface area contributed by atoms with Gasteiger partial charge in [0.05, 0.1) is 0 Å². The van der Waals surface area contributed by atoms with E-state index in [0.29, 0.717) is 71.0 Å². The summed E-state index contributed by atoms with van der Waals surface area (Å²) in [6, 6.07) is 6.38. The predicted molar refractivity (Wildman–Crippen MR) is 412 cm³/mol. The molecule has 2 aromatic rings. The molecule has 2 aromatic carbocycles. The molecule has 0 atom stereocenters. The van der Waals surface area contributed by atoms with Crippen LogP contribution in [0.2, 0.25) is 0 Å². The Morgan fingerprint density at radius 2 is 0.387 bits per heavy atom. The van der Waals surface area contributed by atoms with Crippen LogP contribution < -0.4 is 35.6 Å². The average molecular weight is 1690 g/mol.